The highest BCUT2D eigenvalue weighted by Gasteiger charge is 2.26. The first-order valence-electron chi connectivity index (χ1n) is 9.95. The molecule has 142 valence electrons. The van der Waals surface area contributed by atoms with Crippen LogP contribution in [0.5, 0.6) is 0 Å². The van der Waals surface area contributed by atoms with Crippen LogP contribution in [0.25, 0.3) is 50.2 Å². The second-order valence-corrected chi connectivity index (χ2v) is 7.79. The van der Waals surface area contributed by atoms with Gasteiger partial charge in [0.1, 0.15) is 5.65 Å². The number of rotatable bonds is 3. The topological polar surface area (TPSA) is 17.3 Å². The largest absolute Gasteiger partial charge is 0.290 e. The van der Waals surface area contributed by atoms with Crippen molar-refractivity contribution in [1.82, 2.24) is 9.38 Å². The van der Waals surface area contributed by atoms with Gasteiger partial charge in [-0.1, -0.05) is 103 Å². The van der Waals surface area contributed by atoms with Crippen molar-refractivity contribution in [3.63, 3.8) is 0 Å². The summed E-state index contributed by atoms with van der Waals surface area (Å²) in [6.07, 6.45) is 0. The normalized spacial score (nSPS) is 11.5. The molecule has 0 bridgehead atoms. The first-order chi connectivity index (χ1) is 14.8. The monoisotopic (exact) mass is 404 g/mol. The van der Waals surface area contributed by atoms with Crippen LogP contribution in [0.1, 0.15) is 0 Å². The van der Waals surface area contributed by atoms with Gasteiger partial charge in [0.15, 0.2) is 0 Å². The van der Waals surface area contributed by atoms with Gasteiger partial charge >= 0.3 is 0 Å². The summed E-state index contributed by atoms with van der Waals surface area (Å²) in [5.41, 5.74) is 9.69. The van der Waals surface area contributed by atoms with Gasteiger partial charge in [0.05, 0.1) is 21.7 Å². The number of imidazole rings is 1. The Morgan fingerprint density at radius 3 is 1.60 bits per heavy atom. The van der Waals surface area contributed by atoms with E-state index in [4.69, 9.17) is 16.6 Å². The van der Waals surface area contributed by atoms with Gasteiger partial charge in [-0.05, 0) is 23.3 Å². The van der Waals surface area contributed by atoms with Gasteiger partial charge in [-0.2, -0.15) is 0 Å². The quantitative estimate of drug-likeness (QED) is 0.297. The van der Waals surface area contributed by atoms with Gasteiger partial charge in [-0.3, -0.25) is 4.40 Å². The highest BCUT2D eigenvalue weighted by atomic mass is 35.5. The molecule has 3 heteroatoms. The molecule has 0 aliphatic heterocycles. The van der Waals surface area contributed by atoms with Crippen LogP contribution in [0.15, 0.2) is 103 Å². The fraction of sp³-hybridized carbons (Fsp3) is 0. The molecule has 6 rings (SSSR count). The molecule has 0 atom stereocenters. The van der Waals surface area contributed by atoms with E-state index in [1.807, 2.05) is 30.3 Å². The van der Waals surface area contributed by atoms with Gasteiger partial charge in [-0.25, -0.2) is 4.98 Å². The molecule has 6 aromatic rings. The average molecular weight is 405 g/mol. The zero-order valence-corrected chi connectivity index (χ0v) is 16.8. The fourth-order valence-corrected chi connectivity index (χ4v) is 4.62. The Morgan fingerprint density at radius 1 is 0.533 bits per heavy atom. The molecule has 0 spiro atoms. The van der Waals surface area contributed by atoms with Crippen LogP contribution in [0.3, 0.4) is 0 Å². The summed E-state index contributed by atoms with van der Waals surface area (Å²) >= 11 is 6.81. The van der Waals surface area contributed by atoms with Crippen LogP contribution in [-0.2, 0) is 0 Å². The number of halogens is 1. The van der Waals surface area contributed by atoms with E-state index in [2.05, 4.69) is 77.2 Å². The molecule has 30 heavy (non-hydrogen) atoms. The minimum atomic E-state index is 0.727. The molecule has 0 N–H and O–H groups in total. The van der Waals surface area contributed by atoms with Gasteiger partial charge in [-0.15, -0.1) is 0 Å². The maximum absolute atomic E-state index is 6.81. The number of benzene rings is 3. The standard InChI is InChI=1S/C27H17ClN2/c28-21-16-17-22-29-25(20-14-8-3-9-15-20)27-24(19-12-6-2-7-13-19)23(26(21)30(22)27)18-10-4-1-5-11-18/h1-17H. The molecule has 0 saturated carbocycles. The summed E-state index contributed by atoms with van der Waals surface area (Å²) in [5, 5.41) is 0.727. The molecule has 0 aliphatic carbocycles. The predicted octanol–water partition coefficient (Wildman–Crippen LogP) is 7.58. The van der Waals surface area contributed by atoms with Gasteiger partial charge in [0.2, 0.25) is 0 Å². The van der Waals surface area contributed by atoms with Crippen molar-refractivity contribution in [1.29, 1.82) is 0 Å². The van der Waals surface area contributed by atoms with Crippen molar-refractivity contribution in [2.24, 2.45) is 0 Å². The lowest BCUT2D eigenvalue weighted by atomic mass is 9.95. The van der Waals surface area contributed by atoms with Crippen molar-refractivity contribution >= 4 is 28.3 Å². The lowest BCUT2D eigenvalue weighted by Crippen LogP contribution is -1.86. The number of hydrogen-bond donors (Lipinski definition) is 0. The molecule has 0 radical (unpaired) electrons. The third kappa shape index (κ3) is 2.47. The van der Waals surface area contributed by atoms with Crippen LogP contribution < -0.4 is 0 Å². The van der Waals surface area contributed by atoms with E-state index in [0.29, 0.717) is 0 Å². The summed E-state index contributed by atoms with van der Waals surface area (Å²) in [6, 6.07) is 35.3. The molecule has 3 heterocycles. The van der Waals surface area contributed by atoms with Crippen LogP contribution in [0.4, 0.5) is 0 Å². The summed E-state index contributed by atoms with van der Waals surface area (Å²) in [7, 11) is 0. The van der Waals surface area contributed by atoms with Crippen LogP contribution in [-0.4, -0.2) is 9.38 Å². The second kappa shape index (κ2) is 6.72. The minimum absolute atomic E-state index is 0.727. The highest BCUT2D eigenvalue weighted by molar-refractivity contribution is 6.36. The highest BCUT2D eigenvalue weighted by Crippen LogP contribution is 2.47. The summed E-state index contributed by atoms with van der Waals surface area (Å²) in [5.74, 6) is 0. The van der Waals surface area contributed by atoms with Crippen molar-refractivity contribution in [2.45, 2.75) is 0 Å². The van der Waals surface area contributed by atoms with Crippen molar-refractivity contribution in [3.05, 3.63) is 108 Å². The molecule has 3 aromatic heterocycles. The first kappa shape index (κ1) is 17.3. The molecule has 0 amide bonds. The Balaban J connectivity index is 1.86. The molecule has 3 aromatic carbocycles. The van der Waals surface area contributed by atoms with E-state index in [1.54, 1.807) is 0 Å². The summed E-state index contributed by atoms with van der Waals surface area (Å²) < 4.78 is 2.22. The maximum atomic E-state index is 6.81. The predicted molar refractivity (Wildman–Crippen MR) is 125 cm³/mol. The van der Waals surface area contributed by atoms with Crippen LogP contribution >= 0.6 is 11.6 Å². The Kier molecular flexibility index (Phi) is 3.87. The molecule has 0 aliphatic rings. The van der Waals surface area contributed by atoms with Crippen LogP contribution in [0.2, 0.25) is 5.02 Å². The SMILES string of the molecule is Clc1ccc2nc(-c3ccccc3)c3c(-c4ccccc4)c(-c4ccccc4)c1n23. The Bertz CT molecular complexity index is 1470. The Labute approximate surface area is 179 Å². The molecule has 0 unspecified atom stereocenters. The molecular formula is C27H17ClN2. The second-order valence-electron chi connectivity index (χ2n) is 7.38. The van der Waals surface area contributed by atoms with Gasteiger partial charge < -0.3 is 0 Å². The van der Waals surface area contributed by atoms with Crippen LogP contribution in [0, 0.1) is 0 Å². The zero-order chi connectivity index (χ0) is 20.1. The van der Waals surface area contributed by atoms with E-state index < -0.39 is 0 Å². The van der Waals surface area contributed by atoms with Crippen molar-refractivity contribution < 1.29 is 0 Å². The van der Waals surface area contributed by atoms with Gasteiger partial charge in [0, 0.05) is 16.7 Å². The average Bonchev–Trinajstić information content (AvgIpc) is 3.36. The first-order valence-corrected chi connectivity index (χ1v) is 10.3. The smallest absolute Gasteiger partial charge is 0.138 e. The molecule has 0 fully saturated rings. The number of aromatic nitrogens is 2. The Morgan fingerprint density at radius 2 is 1.03 bits per heavy atom. The van der Waals surface area contributed by atoms with E-state index in [1.165, 1.54) is 0 Å². The van der Waals surface area contributed by atoms with Crippen molar-refractivity contribution in [2.75, 3.05) is 0 Å². The van der Waals surface area contributed by atoms with E-state index >= 15 is 0 Å². The third-order valence-electron chi connectivity index (χ3n) is 5.63. The fourth-order valence-electron chi connectivity index (χ4n) is 4.38. The number of pyridine rings is 1. The zero-order valence-electron chi connectivity index (χ0n) is 16.1. The number of nitrogens with zero attached hydrogens (tertiary/aromatic N) is 2. The minimum Gasteiger partial charge on any atom is -0.290 e. The van der Waals surface area contributed by atoms with E-state index in [9.17, 15) is 0 Å². The summed E-state index contributed by atoms with van der Waals surface area (Å²) in [6.45, 7) is 0. The maximum Gasteiger partial charge on any atom is 0.138 e. The molecule has 0 saturated heterocycles. The van der Waals surface area contributed by atoms with Crippen molar-refractivity contribution in [3.8, 4) is 33.5 Å². The molecular weight excluding hydrogens is 388 g/mol. The molecule has 2 nitrogen and oxygen atoms in total. The van der Waals surface area contributed by atoms with E-state index in [-0.39, 0.29) is 0 Å². The number of hydrogen-bond acceptors (Lipinski definition) is 1. The summed E-state index contributed by atoms with van der Waals surface area (Å²) in [4.78, 5) is 5.01. The lowest BCUT2D eigenvalue weighted by Gasteiger charge is -2.08. The third-order valence-corrected chi connectivity index (χ3v) is 5.93. The Hall–Kier alpha value is -3.62. The lowest BCUT2D eigenvalue weighted by molar-refractivity contribution is 1.30. The van der Waals surface area contributed by atoms with E-state index in [0.717, 1.165) is 55.2 Å². The van der Waals surface area contributed by atoms with Gasteiger partial charge in [0.25, 0.3) is 0 Å².